The predicted octanol–water partition coefficient (Wildman–Crippen LogP) is 4.41. The third-order valence-electron chi connectivity index (χ3n) is 3.86. The van der Waals surface area contributed by atoms with Gasteiger partial charge in [0.2, 0.25) is 0 Å². The lowest BCUT2D eigenvalue weighted by atomic mass is 9.78. The predicted molar refractivity (Wildman–Crippen MR) is 90.0 cm³/mol. The molecule has 0 fully saturated rings. The topological polar surface area (TPSA) is 39.2 Å². The first-order chi connectivity index (χ1) is 9.68. The number of ether oxygens (including phenoxy) is 1. The maximum Gasteiger partial charge on any atom is 0.311 e. The first-order valence-corrected chi connectivity index (χ1v) is 11.5. The van der Waals surface area contributed by atoms with E-state index in [0.29, 0.717) is 6.23 Å². The van der Waals surface area contributed by atoms with Gasteiger partial charge in [-0.05, 0) is 37.8 Å². The number of carbonyl (C=O) groups is 1. The Morgan fingerprint density at radius 2 is 2.05 bits per heavy atom. The van der Waals surface area contributed by atoms with Crippen LogP contribution < -0.4 is 0 Å². The molecule has 0 bridgehead atoms. The lowest BCUT2D eigenvalue weighted by Gasteiger charge is -2.30. The largest absolute Gasteiger partial charge is 0.469 e. The number of carbonyl (C=O) groups excluding carboxylic acids is 1. The van der Waals surface area contributed by atoms with Crippen LogP contribution in [0.3, 0.4) is 0 Å². The standard InChI is InChI=1S/C17H29NO2Si/c1-7-17(3,16(19)20-13-21(4,5)6)12-14(2)15-10-8-9-11-18-15/h8-11,14H,7,12-13H2,1-6H3. The molecule has 0 N–H and O–H groups in total. The summed E-state index contributed by atoms with van der Waals surface area (Å²) in [5.74, 6) is 0.186. The van der Waals surface area contributed by atoms with Crippen LogP contribution >= 0.6 is 0 Å². The fourth-order valence-electron chi connectivity index (χ4n) is 2.28. The highest BCUT2D eigenvalue weighted by Gasteiger charge is 2.36. The summed E-state index contributed by atoms with van der Waals surface area (Å²) in [6, 6.07) is 5.93. The van der Waals surface area contributed by atoms with Gasteiger partial charge >= 0.3 is 5.97 Å². The summed E-state index contributed by atoms with van der Waals surface area (Å²) in [5.41, 5.74) is 0.603. The molecule has 118 valence electrons. The molecule has 3 nitrogen and oxygen atoms in total. The summed E-state index contributed by atoms with van der Waals surface area (Å²) in [5, 5.41) is 0. The molecule has 0 aliphatic rings. The summed E-state index contributed by atoms with van der Waals surface area (Å²) >= 11 is 0. The molecule has 2 atom stereocenters. The Hall–Kier alpha value is -1.16. The van der Waals surface area contributed by atoms with Crippen LogP contribution in [0.4, 0.5) is 0 Å². The monoisotopic (exact) mass is 307 g/mol. The van der Waals surface area contributed by atoms with Gasteiger partial charge in [-0.1, -0.05) is 39.6 Å². The number of hydrogen-bond acceptors (Lipinski definition) is 3. The van der Waals surface area contributed by atoms with Crippen molar-refractivity contribution < 1.29 is 9.53 Å². The zero-order valence-corrected chi connectivity index (χ0v) is 15.3. The van der Waals surface area contributed by atoms with Crippen LogP contribution in [0.2, 0.25) is 19.6 Å². The van der Waals surface area contributed by atoms with E-state index < -0.39 is 13.5 Å². The molecule has 0 spiro atoms. The van der Waals surface area contributed by atoms with Crippen molar-refractivity contribution in [2.24, 2.45) is 5.41 Å². The number of pyridine rings is 1. The van der Waals surface area contributed by atoms with Crippen molar-refractivity contribution >= 4 is 14.0 Å². The average Bonchev–Trinajstić information content (AvgIpc) is 2.44. The molecule has 2 unspecified atom stereocenters. The molecule has 0 aliphatic carbocycles. The highest BCUT2D eigenvalue weighted by atomic mass is 28.3. The van der Waals surface area contributed by atoms with Crippen LogP contribution in [0, 0.1) is 5.41 Å². The molecular weight excluding hydrogens is 278 g/mol. The number of esters is 1. The Labute approximate surface area is 130 Å². The van der Waals surface area contributed by atoms with Crippen LogP contribution in [0.25, 0.3) is 0 Å². The normalized spacial score (nSPS) is 16.1. The van der Waals surface area contributed by atoms with E-state index in [-0.39, 0.29) is 11.9 Å². The summed E-state index contributed by atoms with van der Waals surface area (Å²) in [6.07, 6.45) is 3.96. The second kappa shape index (κ2) is 7.21. The molecule has 21 heavy (non-hydrogen) atoms. The van der Waals surface area contributed by atoms with Crippen molar-refractivity contribution in [1.82, 2.24) is 4.98 Å². The van der Waals surface area contributed by atoms with E-state index in [0.717, 1.165) is 18.5 Å². The van der Waals surface area contributed by atoms with Gasteiger partial charge in [-0.3, -0.25) is 9.78 Å². The van der Waals surface area contributed by atoms with Crippen LogP contribution in [-0.2, 0) is 9.53 Å². The van der Waals surface area contributed by atoms with Crippen molar-refractivity contribution in [3.63, 3.8) is 0 Å². The van der Waals surface area contributed by atoms with Gasteiger partial charge in [-0.25, -0.2) is 0 Å². The molecule has 0 amide bonds. The molecule has 1 rings (SSSR count). The van der Waals surface area contributed by atoms with E-state index in [9.17, 15) is 4.79 Å². The third kappa shape index (κ3) is 5.62. The number of rotatable bonds is 7. The summed E-state index contributed by atoms with van der Waals surface area (Å²) in [6.45, 7) is 12.8. The van der Waals surface area contributed by atoms with E-state index >= 15 is 0 Å². The summed E-state index contributed by atoms with van der Waals surface area (Å²) in [4.78, 5) is 16.9. The Morgan fingerprint density at radius 3 is 2.52 bits per heavy atom. The van der Waals surface area contributed by atoms with Gasteiger partial charge in [-0.2, -0.15) is 0 Å². The number of nitrogens with zero attached hydrogens (tertiary/aromatic N) is 1. The maximum absolute atomic E-state index is 12.5. The molecule has 1 aromatic heterocycles. The first-order valence-electron chi connectivity index (χ1n) is 7.76. The zero-order chi connectivity index (χ0) is 16.1. The van der Waals surface area contributed by atoms with Crippen molar-refractivity contribution in [3.05, 3.63) is 30.1 Å². The van der Waals surface area contributed by atoms with Crippen LogP contribution in [0.15, 0.2) is 24.4 Å². The van der Waals surface area contributed by atoms with E-state index in [2.05, 4.69) is 38.5 Å². The van der Waals surface area contributed by atoms with Gasteiger partial charge in [0.1, 0.15) is 0 Å². The quantitative estimate of drug-likeness (QED) is 0.553. The Kier molecular flexibility index (Phi) is 6.14. The number of aromatic nitrogens is 1. The average molecular weight is 308 g/mol. The minimum absolute atomic E-state index is 0.0600. The Morgan fingerprint density at radius 1 is 1.38 bits per heavy atom. The van der Waals surface area contributed by atoms with Crippen molar-refractivity contribution in [2.45, 2.75) is 59.2 Å². The molecule has 0 saturated carbocycles. The minimum atomic E-state index is -1.37. The van der Waals surface area contributed by atoms with Crippen LogP contribution in [0.1, 0.15) is 45.2 Å². The highest BCUT2D eigenvalue weighted by molar-refractivity contribution is 6.76. The first kappa shape index (κ1) is 17.9. The second-order valence-electron chi connectivity index (χ2n) is 7.41. The van der Waals surface area contributed by atoms with Gasteiger partial charge in [0.15, 0.2) is 0 Å². The Bertz CT molecular complexity index is 456. The maximum atomic E-state index is 12.5. The van der Waals surface area contributed by atoms with E-state index in [1.807, 2.05) is 25.1 Å². The SMILES string of the molecule is CCC(C)(CC(C)c1ccccn1)C(=O)OC[Si](C)(C)C. The van der Waals surface area contributed by atoms with Gasteiger partial charge in [-0.15, -0.1) is 0 Å². The molecule has 0 aliphatic heterocycles. The second-order valence-corrected chi connectivity index (χ2v) is 12.8. The number of hydrogen-bond donors (Lipinski definition) is 0. The Balaban J connectivity index is 2.73. The molecule has 4 heteroatoms. The molecule has 0 radical (unpaired) electrons. The minimum Gasteiger partial charge on any atom is -0.469 e. The van der Waals surface area contributed by atoms with E-state index in [1.165, 1.54) is 0 Å². The van der Waals surface area contributed by atoms with Gasteiger partial charge in [0.05, 0.1) is 19.7 Å². The zero-order valence-electron chi connectivity index (χ0n) is 14.3. The summed E-state index contributed by atoms with van der Waals surface area (Å²) in [7, 11) is -1.37. The summed E-state index contributed by atoms with van der Waals surface area (Å²) < 4.78 is 5.60. The van der Waals surface area contributed by atoms with E-state index in [4.69, 9.17) is 4.74 Å². The lowest BCUT2D eigenvalue weighted by molar-refractivity contribution is -0.154. The lowest BCUT2D eigenvalue weighted by Crippen LogP contribution is -2.36. The molecule has 0 aromatic carbocycles. The molecule has 1 aromatic rings. The molecular formula is C17H29NO2Si. The van der Waals surface area contributed by atoms with Gasteiger partial charge < -0.3 is 4.74 Å². The van der Waals surface area contributed by atoms with E-state index in [1.54, 1.807) is 6.20 Å². The van der Waals surface area contributed by atoms with Crippen LogP contribution in [0.5, 0.6) is 0 Å². The highest BCUT2D eigenvalue weighted by Crippen LogP contribution is 2.35. The smallest absolute Gasteiger partial charge is 0.311 e. The van der Waals surface area contributed by atoms with Crippen molar-refractivity contribution in [3.8, 4) is 0 Å². The molecule has 0 saturated heterocycles. The fourth-order valence-corrected chi connectivity index (χ4v) is 2.84. The fraction of sp³-hybridized carbons (Fsp3) is 0.647. The van der Waals surface area contributed by atoms with Gasteiger partial charge in [0, 0.05) is 11.9 Å². The van der Waals surface area contributed by atoms with Crippen molar-refractivity contribution in [2.75, 3.05) is 6.23 Å². The third-order valence-corrected chi connectivity index (χ3v) is 4.87. The van der Waals surface area contributed by atoms with Crippen molar-refractivity contribution in [1.29, 1.82) is 0 Å². The van der Waals surface area contributed by atoms with Crippen LogP contribution in [-0.4, -0.2) is 25.3 Å². The van der Waals surface area contributed by atoms with Gasteiger partial charge in [0.25, 0.3) is 0 Å². The molecule has 1 heterocycles.